The van der Waals surface area contributed by atoms with Gasteiger partial charge in [-0.2, -0.15) is 0 Å². The molecule has 0 fully saturated rings. The Hall–Kier alpha value is -3.99. The van der Waals surface area contributed by atoms with E-state index in [1.165, 1.54) is 65.6 Å². The summed E-state index contributed by atoms with van der Waals surface area (Å²) < 4.78 is 61.5. The number of hydrogen-bond acceptors (Lipinski definition) is 5. The fourth-order valence-electron chi connectivity index (χ4n) is 4.28. The van der Waals surface area contributed by atoms with Crippen LogP contribution < -0.4 is 14.4 Å². The van der Waals surface area contributed by atoms with E-state index in [2.05, 4.69) is 5.32 Å². The van der Waals surface area contributed by atoms with Crippen LogP contribution in [0, 0.1) is 11.6 Å². The molecule has 0 aliphatic heterocycles. The van der Waals surface area contributed by atoms with Crippen molar-refractivity contribution in [2.24, 2.45) is 0 Å². The van der Waals surface area contributed by atoms with Crippen LogP contribution in [-0.4, -0.2) is 50.4 Å². The lowest BCUT2D eigenvalue weighted by atomic mass is 10.1. The highest BCUT2D eigenvalue weighted by Gasteiger charge is 2.34. The van der Waals surface area contributed by atoms with E-state index in [0.29, 0.717) is 24.3 Å². The Morgan fingerprint density at radius 2 is 1.43 bits per heavy atom. The van der Waals surface area contributed by atoms with E-state index in [1.807, 2.05) is 13.8 Å². The molecule has 2 atom stereocenters. The highest BCUT2D eigenvalue weighted by atomic mass is 32.2. The minimum atomic E-state index is -4.32. The molecule has 226 valence electrons. The molecule has 11 heteroatoms. The number of amides is 2. The summed E-state index contributed by atoms with van der Waals surface area (Å²) in [5, 5.41) is 2.90. The van der Waals surface area contributed by atoms with E-state index in [9.17, 15) is 26.8 Å². The molecule has 0 radical (unpaired) electrons. The van der Waals surface area contributed by atoms with Crippen molar-refractivity contribution in [3.8, 4) is 5.75 Å². The smallest absolute Gasteiger partial charge is 0.264 e. The van der Waals surface area contributed by atoms with Crippen molar-refractivity contribution in [2.75, 3.05) is 17.5 Å². The molecule has 3 rings (SSSR count). The van der Waals surface area contributed by atoms with Crippen LogP contribution >= 0.6 is 0 Å². The fraction of sp³-hybridized carbons (Fsp3) is 0.355. The number of benzene rings is 3. The van der Waals surface area contributed by atoms with Crippen LogP contribution in [0.5, 0.6) is 5.75 Å². The number of carbonyl (C=O) groups is 2. The van der Waals surface area contributed by atoms with Crippen LogP contribution in [0.3, 0.4) is 0 Å². The first-order valence-corrected chi connectivity index (χ1v) is 15.3. The second-order valence-corrected chi connectivity index (χ2v) is 11.6. The standard InChI is InChI=1S/C31H37F2N3O5S/c1-5-22(4)34-31(38)29(6-2)35(20-23-8-10-24(32)11-9-23)30(37)21-36(26-14-12-25(33)13-15-26)42(39,40)28-18-16-27(17-19-28)41-7-3/h8-19,22,29H,5-7,20-21H2,1-4H3,(H,34,38)/t22-,29+/m1/s1. The van der Waals surface area contributed by atoms with Crippen LogP contribution in [0.15, 0.2) is 77.7 Å². The van der Waals surface area contributed by atoms with Crippen LogP contribution in [0.2, 0.25) is 0 Å². The van der Waals surface area contributed by atoms with Crippen molar-refractivity contribution < 1.29 is 31.5 Å². The van der Waals surface area contributed by atoms with Gasteiger partial charge in [0.05, 0.1) is 17.2 Å². The number of nitrogens with one attached hydrogen (secondary N) is 1. The van der Waals surface area contributed by atoms with Gasteiger partial charge in [0.2, 0.25) is 11.8 Å². The predicted octanol–water partition coefficient (Wildman–Crippen LogP) is 5.28. The monoisotopic (exact) mass is 601 g/mol. The maximum absolute atomic E-state index is 14.0. The zero-order chi connectivity index (χ0) is 30.9. The van der Waals surface area contributed by atoms with Crippen molar-refractivity contribution in [1.82, 2.24) is 10.2 Å². The molecule has 42 heavy (non-hydrogen) atoms. The number of sulfonamides is 1. The summed E-state index contributed by atoms with van der Waals surface area (Å²) in [5.74, 6) is -1.60. The number of hydrogen-bond donors (Lipinski definition) is 1. The Morgan fingerprint density at radius 3 is 1.95 bits per heavy atom. The van der Waals surface area contributed by atoms with E-state index in [-0.39, 0.29) is 35.5 Å². The summed E-state index contributed by atoms with van der Waals surface area (Å²) in [7, 11) is -4.32. The fourth-order valence-corrected chi connectivity index (χ4v) is 5.70. The van der Waals surface area contributed by atoms with Crippen LogP contribution in [0.4, 0.5) is 14.5 Å². The van der Waals surface area contributed by atoms with Gasteiger partial charge in [-0.25, -0.2) is 17.2 Å². The Labute approximate surface area is 246 Å². The van der Waals surface area contributed by atoms with Crippen LogP contribution in [0.25, 0.3) is 0 Å². The lowest BCUT2D eigenvalue weighted by Crippen LogP contribution is -2.53. The van der Waals surface area contributed by atoms with Gasteiger partial charge in [0.1, 0.15) is 30.0 Å². The van der Waals surface area contributed by atoms with E-state index in [0.717, 1.165) is 16.4 Å². The molecular formula is C31H37F2N3O5S. The number of carbonyl (C=O) groups excluding carboxylic acids is 2. The van der Waals surface area contributed by atoms with Crippen molar-refractivity contribution >= 4 is 27.5 Å². The number of rotatable bonds is 14. The molecule has 3 aromatic carbocycles. The van der Waals surface area contributed by atoms with Gasteiger partial charge in [-0.05, 0) is 92.9 Å². The summed E-state index contributed by atoms with van der Waals surface area (Å²) in [6, 6.07) is 14.9. The maximum atomic E-state index is 14.0. The molecule has 1 N–H and O–H groups in total. The number of halogens is 2. The SMILES string of the molecule is CCOc1ccc(S(=O)(=O)N(CC(=O)N(Cc2ccc(F)cc2)[C@@H](CC)C(=O)N[C@H](C)CC)c2ccc(F)cc2)cc1. The van der Waals surface area contributed by atoms with E-state index in [4.69, 9.17) is 4.74 Å². The largest absolute Gasteiger partial charge is 0.494 e. The quantitative estimate of drug-likeness (QED) is 0.271. The first kappa shape index (κ1) is 32.5. The molecule has 2 amide bonds. The van der Waals surface area contributed by atoms with E-state index >= 15 is 0 Å². The molecule has 0 saturated carbocycles. The minimum absolute atomic E-state index is 0.0636. The third-order valence-electron chi connectivity index (χ3n) is 6.77. The molecule has 0 saturated heterocycles. The van der Waals surface area contributed by atoms with E-state index < -0.39 is 40.2 Å². The molecule has 0 unspecified atom stereocenters. The third kappa shape index (κ3) is 8.28. The Kier molecular flexibility index (Phi) is 11.4. The maximum Gasteiger partial charge on any atom is 0.264 e. The zero-order valence-electron chi connectivity index (χ0n) is 24.2. The molecule has 0 aromatic heterocycles. The van der Waals surface area contributed by atoms with Crippen LogP contribution in [-0.2, 0) is 26.2 Å². The first-order valence-electron chi connectivity index (χ1n) is 13.9. The minimum Gasteiger partial charge on any atom is -0.494 e. The van der Waals surface area contributed by atoms with Crippen molar-refractivity contribution in [1.29, 1.82) is 0 Å². The number of ether oxygens (including phenoxy) is 1. The van der Waals surface area contributed by atoms with Gasteiger partial charge < -0.3 is 15.0 Å². The van der Waals surface area contributed by atoms with Gasteiger partial charge in [0.15, 0.2) is 0 Å². The highest BCUT2D eigenvalue weighted by molar-refractivity contribution is 7.92. The highest BCUT2D eigenvalue weighted by Crippen LogP contribution is 2.26. The normalized spacial score (nSPS) is 12.7. The molecular weight excluding hydrogens is 564 g/mol. The number of anilines is 1. The van der Waals surface area contributed by atoms with Crippen molar-refractivity contribution in [3.05, 3.63) is 90.0 Å². The number of nitrogens with zero attached hydrogens (tertiary/aromatic N) is 2. The molecule has 3 aromatic rings. The Bertz CT molecular complexity index is 1430. The zero-order valence-corrected chi connectivity index (χ0v) is 25.0. The van der Waals surface area contributed by atoms with Gasteiger partial charge >= 0.3 is 0 Å². The van der Waals surface area contributed by atoms with Gasteiger partial charge in [-0.3, -0.25) is 13.9 Å². The lowest BCUT2D eigenvalue weighted by molar-refractivity contribution is -0.140. The molecule has 0 aliphatic carbocycles. The summed E-state index contributed by atoms with van der Waals surface area (Å²) in [5.41, 5.74) is 0.625. The molecule has 8 nitrogen and oxygen atoms in total. The van der Waals surface area contributed by atoms with Gasteiger partial charge in [-0.1, -0.05) is 26.0 Å². The van der Waals surface area contributed by atoms with Gasteiger partial charge in [-0.15, -0.1) is 0 Å². The first-order chi connectivity index (χ1) is 20.0. The lowest BCUT2D eigenvalue weighted by Gasteiger charge is -2.33. The summed E-state index contributed by atoms with van der Waals surface area (Å²) in [6.45, 7) is 6.98. The van der Waals surface area contributed by atoms with Crippen molar-refractivity contribution in [3.63, 3.8) is 0 Å². The summed E-state index contributed by atoms with van der Waals surface area (Å²) >= 11 is 0. The van der Waals surface area contributed by atoms with E-state index in [1.54, 1.807) is 13.8 Å². The second kappa shape index (κ2) is 14.8. The molecule has 0 aliphatic rings. The summed E-state index contributed by atoms with van der Waals surface area (Å²) in [4.78, 5) is 28.5. The second-order valence-electron chi connectivity index (χ2n) is 9.78. The molecule has 0 spiro atoms. The van der Waals surface area contributed by atoms with Gasteiger partial charge in [0, 0.05) is 12.6 Å². The van der Waals surface area contributed by atoms with Crippen LogP contribution in [0.1, 0.15) is 46.1 Å². The average Bonchev–Trinajstić information content (AvgIpc) is 2.97. The third-order valence-corrected chi connectivity index (χ3v) is 8.56. The van der Waals surface area contributed by atoms with Crippen molar-refractivity contribution in [2.45, 2.75) is 64.1 Å². The van der Waals surface area contributed by atoms with Gasteiger partial charge in [0.25, 0.3) is 10.0 Å². The predicted molar refractivity (Wildman–Crippen MR) is 157 cm³/mol. The molecule has 0 bridgehead atoms. The summed E-state index contributed by atoms with van der Waals surface area (Å²) in [6.07, 6.45) is 0.921. The Morgan fingerprint density at radius 1 is 0.857 bits per heavy atom. The average molecular weight is 602 g/mol. The Balaban J connectivity index is 2.04. The molecule has 0 heterocycles. The topological polar surface area (TPSA) is 96.0 Å².